The summed E-state index contributed by atoms with van der Waals surface area (Å²) in [7, 11) is 0. The summed E-state index contributed by atoms with van der Waals surface area (Å²) < 4.78 is 0. The van der Waals surface area contributed by atoms with Crippen LogP contribution in [0.25, 0.3) is 11.1 Å². The second-order valence-electron chi connectivity index (χ2n) is 3.91. The van der Waals surface area contributed by atoms with Gasteiger partial charge in [0.15, 0.2) is 0 Å². The smallest absolute Gasteiger partial charge is 0.234 e. The van der Waals surface area contributed by atoms with Crippen LogP contribution in [0.2, 0.25) is 0 Å². The van der Waals surface area contributed by atoms with Crippen molar-refractivity contribution >= 4 is 6.29 Å². The molecule has 0 aliphatic heterocycles. The van der Waals surface area contributed by atoms with Crippen molar-refractivity contribution in [1.29, 1.82) is 0 Å². The maximum absolute atomic E-state index is 10.9. The molecule has 0 bridgehead atoms. The number of hydrogen-bond acceptors (Lipinski definition) is 1. The van der Waals surface area contributed by atoms with Crippen LogP contribution in [0.3, 0.4) is 0 Å². The van der Waals surface area contributed by atoms with Crippen molar-refractivity contribution in [2.24, 2.45) is 0 Å². The molecule has 1 nitrogen and oxygen atoms in total. The maximum Gasteiger partial charge on any atom is 0.234 e. The third-order valence-electron chi connectivity index (χ3n) is 2.79. The van der Waals surface area contributed by atoms with E-state index in [4.69, 9.17) is 0 Å². The van der Waals surface area contributed by atoms with Gasteiger partial charge in [-0.05, 0) is 36.1 Å². The minimum absolute atomic E-state index is 0.625. The maximum atomic E-state index is 10.9. The standard InChI is InChI=1S/C15H13O/c1-11-6-5-7-12(2)15(11)14-9-4-3-8-13(14)10-16/h3-9H,1-2H3. The molecule has 0 aliphatic rings. The van der Waals surface area contributed by atoms with Crippen LogP contribution in [0.1, 0.15) is 16.7 Å². The molecule has 0 heterocycles. The molecular weight excluding hydrogens is 196 g/mol. The van der Waals surface area contributed by atoms with E-state index in [1.807, 2.05) is 30.6 Å². The van der Waals surface area contributed by atoms with Crippen LogP contribution in [0.4, 0.5) is 0 Å². The molecule has 2 rings (SSSR count). The fourth-order valence-electron chi connectivity index (χ4n) is 2.03. The van der Waals surface area contributed by atoms with Crippen LogP contribution in [-0.2, 0) is 4.79 Å². The lowest BCUT2D eigenvalue weighted by Gasteiger charge is -2.11. The lowest BCUT2D eigenvalue weighted by Crippen LogP contribution is -1.92. The van der Waals surface area contributed by atoms with Gasteiger partial charge in [0.25, 0.3) is 0 Å². The summed E-state index contributed by atoms with van der Waals surface area (Å²) in [5, 5.41) is 0. The highest BCUT2D eigenvalue weighted by Crippen LogP contribution is 2.28. The summed E-state index contributed by atoms with van der Waals surface area (Å²) in [6.45, 7) is 4.12. The topological polar surface area (TPSA) is 17.1 Å². The van der Waals surface area contributed by atoms with Crippen molar-refractivity contribution in [1.82, 2.24) is 0 Å². The van der Waals surface area contributed by atoms with Crippen LogP contribution in [0, 0.1) is 13.8 Å². The van der Waals surface area contributed by atoms with Crippen LogP contribution in [0.5, 0.6) is 0 Å². The Balaban J connectivity index is 2.72. The van der Waals surface area contributed by atoms with Gasteiger partial charge < -0.3 is 0 Å². The molecule has 1 radical (unpaired) electrons. The Bertz CT molecular complexity index is 506. The summed E-state index contributed by atoms with van der Waals surface area (Å²) in [4.78, 5) is 10.9. The molecule has 0 unspecified atom stereocenters. The largest absolute Gasteiger partial charge is 0.285 e. The Labute approximate surface area is 95.7 Å². The van der Waals surface area contributed by atoms with Crippen molar-refractivity contribution in [3.63, 3.8) is 0 Å². The molecule has 79 valence electrons. The van der Waals surface area contributed by atoms with E-state index in [0.717, 1.165) is 11.1 Å². The third-order valence-corrected chi connectivity index (χ3v) is 2.79. The Kier molecular flexibility index (Phi) is 2.86. The molecule has 0 aliphatic carbocycles. The average molecular weight is 209 g/mol. The summed E-state index contributed by atoms with van der Waals surface area (Å²) >= 11 is 0. The first kappa shape index (κ1) is 10.6. The van der Waals surface area contributed by atoms with E-state index in [2.05, 4.69) is 26.0 Å². The number of hydrogen-bond donors (Lipinski definition) is 0. The lowest BCUT2D eigenvalue weighted by atomic mass is 9.93. The van der Waals surface area contributed by atoms with Gasteiger partial charge in [-0.25, -0.2) is 0 Å². The second kappa shape index (κ2) is 4.31. The molecule has 2 aromatic rings. The van der Waals surface area contributed by atoms with Gasteiger partial charge in [0.1, 0.15) is 0 Å². The highest BCUT2D eigenvalue weighted by molar-refractivity contribution is 5.89. The fourth-order valence-corrected chi connectivity index (χ4v) is 2.03. The molecule has 2 aromatic carbocycles. The predicted molar refractivity (Wildman–Crippen MR) is 66.1 cm³/mol. The summed E-state index contributed by atoms with van der Waals surface area (Å²) in [6.07, 6.45) is 2.00. The molecule has 0 spiro atoms. The summed E-state index contributed by atoms with van der Waals surface area (Å²) in [5.74, 6) is 0. The fraction of sp³-hybridized carbons (Fsp3) is 0.133. The zero-order valence-corrected chi connectivity index (χ0v) is 9.45. The van der Waals surface area contributed by atoms with E-state index >= 15 is 0 Å². The number of aryl methyl sites for hydroxylation is 2. The molecule has 0 atom stereocenters. The van der Waals surface area contributed by atoms with E-state index in [1.165, 1.54) is 11.1 Å². The Hall–Kier alpha value is -1.89. The first-order chi connectivity index (χ1) is 7.74. The summed E-state index contributed by atoms with van der Waals surface area (Å²) in [6, 6.07) is 13.7. The Morgan fingerprint density at radius 1 is 0.875 bits per heavy atom. The zero-order chi connectivity index (χ0) is 11.5. The van der Waals surface area contributed by atoms with E-state index < -0.39 is 0 Å². The summed E-state index contributed by atoms with van der Waals surface area (Å²) in [5.41, 5.74) is 5.10. The first-order valence-electron chi connectivity index (χ1n) is 5.28. The van der Waals surface area contributed by atoms with Crippen LogP contribution >= 0.6 is 0 Å². The third kappa shape index (κ3) is 1.76. The van der Waals surface area contributed by atoms with Crippen molar-refractivity contribution in [2.75, 3.05) is 0 Å². The monoisotopic (exact) mass is 209 g/mol. The molecule has 16 heavy (non-hydrogen) atoms. The molecule has 0 saturated heterocycles. The predicted octanol–water partition coefficient (Wildman–Crippen LogP) is 3.43. The molecule has 1 heteroatoms. The molecule has 0 fully saturated rings. The van der Waals surface area contributed by atoms with Gasteiger partial charge in [0.2, 0.25) is 6.29 Å². The molecular formula is C15H13O. The van der Waals surface area contributed by atoms with Crippen molar-refractivity contribution in [3.05, 3.63) is 59.2 Å². The van der Waals surface area contributed by atoms with Gasteiger partial charge in [0, 0.05) is 5.56 Å². The van der Waals surface area contributed by atoms with Crippen LogP contribution in [0.15, 0.2) is 42.5 Å². The van der Waals surface area contributed by atoms with Gasteiger partial charge in [-0.15, -0.1) is 0 Å². The van der Waals surface area contributed by atoms with Gasteiger partial charge in [-0.2, -0.15) is 0 Å². The van der Waals surface area contributed by atoms with Crippen molar-refractivity contribution in [3.8, 4) is 11.1 Å². The first-order valence-corrected chi connectivity index (χ1v) is 5.28. The SMILES string of the molecule is Cc1cccc(C)c1-c1ccccc1[C]=O. The van der Waals surface area contributed by atoms with E-state index in [0.29, 0.717) is 5.56 Å². The molecule has 0 aromatic heterocycles. The average Bonchev–Trinajstić information content (AvgIpc) is 2.29. The van der Waals surface area contributed by atoms with Gasteiger partial charge >= 0.3 is 0 Å². The van der Waals surface area contributed by atoms with Gasteiger partial charge in [0.05, 0.1) is 0 Å². The zero-order valence-electron chi connectivity index (χ0n) is 9.45. The van der Waals surface area contributed by atoms with E-state index in [1.54, 1.807) is 6.07 Å². The van der Waals surface area contributed by atoms with Crippen molar-refractivity contribution in [2.45, 2.75) is 13.8 Å². The lowest BCUT2D eigenvalue weighted by molar-refractivity contribution is 0.563. The van der Waals surface area contributed by atoms with Crippen molar-refractivity contribution < 1.29 is 4.79 Å². The molecule has 0 amide bonds. The second-order valence-corrected chi connectivity index (χ2v) is 3.91. The van der Waals surface area contributed by atoms with E-state index in [-0.39, 0.29) is 0 Å². The van der Waals surface area contributed by atoms with Crippen LogP contribution < -0.4 is 0 Å². The Morgan fingerprint density at radius 2 is 1.50 bits per heavy atom. The van der Waals surface area contributed by atoms with Gasteiger partial charge in [-0.3, -0.25) is 4.79 Å². The number of rotatable bonds is 2. The highest BCUT2D eigenvalue weighted by atomic mass is 16.1. The molecule has 0 N–H and O–H groups in total. The Morgan fingerprint density at radius 3 is 2.12 bits per heavy atom. The molecule has 0 saturated carbocycles. The minimum Gasteiger partial charge on any atom is -0.285 e. The van der Waals surface area contributed by atoms with Gasteiger partial charge in [-0.1, -0.05) is 42.5 Å². The number of carbonyl (C=O) groups excluding carboxylic acids is 1. The number of benzene rings is 2. The minimum atomic E-state index is 0.625. The highest BCUT2D eigenvalue weighted by Gasteiger charge is 2.09. The van der Waals surface area contributed by atoms with Crippen LogP contribution in [-0.4, -0.2) is 6.29 Å². The van der Waals surface area contributed by atoms with E-state index in [9.17, 15) is 4.79 Å². The normalized spacial score (nSPS) is 10.1. The quantitative estimate of drug-likeness (QED) is 0.740.